The quantitative estimate of drug-likeness (QED) is 0.465. The van der Waals surface area contributed by atoms with Crippen LogP contribution < -0.4 is 0 Å². The molecular formula is C22H21NO2S. The maximum Gasteiger partial charge on any atom is 0.199 e. The van der Waals surface area contributed by atoms with E-state index in [-0.39, 0.29) is 0 Å². The summed E-state index contributed by atoms with van der Waals surface area (Å²) in [5.74, 6) is 0. The van der Waals surface area contributed by atoms with Gasteiger partial charge in [-0.05, 0) is 30.7 Å². The van der Waals surface area contributed by atoms with Gasteiger partial charge in [-0.3, -0.25) is 0 Å². The summed E-state index contributed by atoms with van der Waals surface area (Å²) in [7, 11) is -3.51. The molecule has 3 aromatic carbocycles. The molecule has 0 aliphatic rings. The predicted octanol–water partition coefficient (Wildman–Crippen LogP) is 5.57. The van der Waals surface area contributed by atoms with Crippen molar-refractivity contribution < 1.29 is 8.42 Å². The highest BCUT2D eigenvalue weighted by molar-refractivity contribution is 7.91. The highest BCUT2D eigenvalue weighted by Gasteiger charge is 2.30. The van der Waals surface area contributed by atoms with Crippen molar-refractivity contribution in [3.8, 4) is 0 Å². The minimum absolute atomic E-state index is 0.375. The van der Waals surface area contributed by atoms with E-state index >= 15 is 0 Å². The van der Waals surface area contributed by atoms with Gasteiger partial charge in [0.15, 0.2) is 9.84 Å². The molecule has 0 amide bonds. The Bertz CT molecular complexity index is 1110. The lowest BCUT2D eigenvalue weighted by Gasteiger charge is -2.21. The number of sulfone groups is 1. The van der Waals surface area contributed by atoms with Crippen molar-refractivity contribution in [2.24, 2.45) is 0 Å². The fourth-order valence-electron chi connectivity index (χ4n) is 3.70. The van der Waals surface area contributed by atoms with Crippen molar-refractivity contribution in [2.75, 3.05) is 0 Å². The van der Waals surface area contributed by atoms with Crippen LogP contribution in [0.4, 0.5) is 0 Å². The van der Waals surface area contributed by atoms with Crippen LogP contribution >= 0.6 is 0 Å². The van der Waals surface area contributed by atoms with E-state index in [1.54, 1.807) is 24.3 Å². The van der Waals surface area contributed by atoms with E-state index in [9.17, 15) is 8.42 Å². The molecule has 0 aliphatic heterocycles. The van der Waals surface area contributed by atoms with Gasteiger partial charge >= 0.3 is 0 Å². The van der Waals surface area contributed by atoms with E-state index in [2.05, 4.69) is 12.1 Å². The zero-order valence-corrected chi connectivity index (χ0v) is 15.5. The van der Waals surface area contributed by atoms with Gasteiger partial charge in [0.05, 0.1) is 15.9 Å². The van der Waals surface area contributed by atoms with Gasteiger partial charge in [-0.1, -0.05) is 67.9 Å². The Labute approximate surface area is 153 Å². The molecule has 4 rings (SSSR count). The molecular weight excluding hydrogens is 342 g/mol. The molecule has 3 nitrogen and oxygen atoms in total. The number of nitrogens with zero attached hydrogens (tertiary/aromatic N) is 1. The molecule has 0 saturated heterocycles. The Kier molecular flexibility index (Phi) is 4.29. The second-order valence-corrected chi connectivity index (χ2v) is 8.61. The standard InChI is InChI=1S/C22H21NO2S/c1-2-10-22(26(24,25)17-11-4-3-5-12-17)23-20-15-8-6-13-18(20)19-14-7-9-16-21(19)23/h3-9,11-16,22H,2,10H2,1H3. The summed E-state index contributed by atoms with van der Waals surface area (Å²) in [6.45, 7) is 2.03. The van der Waals surface area contributed by atoms with Crippen LogP contribution in [0.15, 0.2) is 83.8 Å². The monoisotopic (exact) mass is 363 g/mol. The first-order valence-electron chi connectivity index (χ1n) is 8.91. The molecule has 4 heteroatoms. The number of para-hydroxylation sites is 2. The third-order valence-electron chi connectivity index (χ3n) is 4.87. The van der Waals surface area contributed by atoms with Crippen molar-refractivity contribution in [3.05, 3.63) is 78.9 Å². The first kappa shape index (κ1) is 16.9. The third kappa shape index (κ3) is 2.61. The molecule has 0 spiro atoms. The molecule has 1 atom stereocenters. The van der Waals surface area contributed by atoms with Crippen LogP contribution in [-0.2, 0) is 9.84 Å². The van der Waals surface area contributed by atoms with Gasteiger partial charge in [0.1, 0.15) is 5.37 Å². The normalized spacial score (nSPS) is 13.3. The van der Waals surface area contributed by atoms with Crippen LogP contribution in [0.5, 0.6) is 0 Å². The fourth-order valence-corrected chi connectivity index (χ4v) is 5.60. The average molecular weight is 363 g/mol. The van der Waals surface area contributed by atoms with Gasteiger partial charge in [0.2, 0.25) is 0 Å². The molecule has 0 fully saturated rings. The molecule has 0 radical (unpaired) electrons. The van der Waals surface area contributed by atoms with Crippen LogP contribution in [-0.4, -0.2) is 13.0 Å². The smallest absolute Gasteiger partial charge is 0.199 e. The summed E-state index contributed by atoms with van der Waals surface area (Å²) in [4.78, 5) is 0.375. The lowest BCUT2D eigenvalue weighted by atomic mass is 10.2. The van der Waals surface area contributed by atoms with Crippen molar-refractivity contribution in [3.63, 3.8) is 0 Å². The third-order valence-corrected chi connectivity index (χ3v) is 6.96. The molecule has 0 N–H and O–H groups in total. The summed E-state index contributed by atoms with van der Waals surface area (Å²) in [5.41, 5.74) is 1.93. The molecule has 1 heterocycles. The number of fused-ring (bicyclic) bond motifs is 3. The first-order chi connectivity index (χ1) is 12.6. The second kappa shape index (κ2) is 6.61. The minimum Gasteiger partial charge on any atom is -0.322 e. The number of hydrogen-bond donors (Lipinski definition) is 0. The van der Waals surface area contributed by atoms with Crippen molar-refractivity contribution >= 4 is 31.6 Å². The van der Waals surface area contributed by atoms with Gasteiger partial charge in [0, 0.05) is 10.8 Å². The Morgan fingerprint density at radius 2 is 1.27 bits per heavy atom. The number of aromatic nitrogens is 1. The summed E-state index contributed by atoms with van der Waals surface area (Å²) in [5, 5.41) is 1.56. The topological polar surface area (TPSA) is 39.1 Å². The Morgan fingerprint density at radius 3 is 1.81 bits per heavy atom. The highest BCUT2D eigenvalue weighted by Crippen LogP contribution is 2.37. The predicted molar refractivity (Wildman–Crippen MR) is 107 cm³/mol. The first-order valence-corrected chi connectivity index (χ1v) is 10.5. The molecule has 0 saturated carbocycles. The number of rotatable bonds is 5. The van der Waals surface area contributed by atoms with Gasteiger partial charge < -0.3 is 4.57 Å². The van der Waals surface area contributed by atoms with Gasteiger partial charge in [0.25, 0.3) is 0 Å². The summed E-state index contributed by atoms with van der Waals surface area (Å²) in [6, 6.07) is 24.9. The van der Waals surface area contributed by atoms with Crippen LogP contribution in [0.2, 0.25) is 0 Å². The van der Waals surface area contributed by atoms with E-state index in [1.807, 2.05) is 54.0 Å². The van der Waals surface area contributed by atoms with E-state index in [0.717, 1.165) is 28.2 Å². The number of benzene rings is 3. The zero-order chi connectivity index (χ0) is 18.1. The van der Waals surface area contributed by atoms with E-state index in [0.29, 0.717) is 11.3 Å². The Balaban J connectivity index is 2.04. The molecule has 132 valence electrons. The lowest BCUT2D eigenvalue weighted by Crippen LogP contribution is -2.20. The Morgan fingerprint density at radius 1 is 0.769 bits per heavy atom. The Hall–Kier alpha value is -2.59. The fraction of sp³-hybridized carbons (Fsp3) is 0.182. The summed E-state index contributed by atoms with van der Waals surface area (Å²) < 4.78 is 29.0. The van der Waals surface area contributed by atoms with E-state index in [1.165, 1.54) is 0 Å². The molecule has 0 bridgehead atoms. The maximum atomic E-state index is 13.5. The van der Waals surface area contributed by atoms with E-state index in [4.69, 9.17) is 0 Å². The summed E-state index contributed by atoms with van der Waals surface area (Å²) >= 11 is 0. The molecule has 0 aliphatic carbocycles. The molecule has 1 aromatic heterocycles. The largest absolute Gasteiger partial charge is 0.322 e. The van der Waals surface area contributed by atoms with Gasteiger partial charge in [-0.25, -0.2) is 8.42 Å². The highest BCUT2D eigenvalue weighted by atomic mass is 32.2. The van der Waals surface area contributed by atoms with Crippen LogP contribution in [0, 0.1) is 0 Å². The average Bonchev–Trinajstić information content (AvgIpc) is 3.01. The van der Waals surface area contributed by atoms with Crippen molar-refractivity contribution in [2.45, 2.75) is 30.0 Å². The van der Waals surface area contributed by atoms with Crippen molar-refractivity contribution in [1.82, 2.24) is 4.57 Å². The summed E-state index contributed by atoms with van der Waals surface area (Å²) in [6.07, 6.45) is 1.36. The van der Waals surface area contributed by atoms with Gasteiger partial charge in [-0.2, -0.15) is 0 Å². The van der Waals surface area contributed by atoms with Gasteiger partial charge in [-0.15, -0.1) is 0 Å². The van der Waals surface area contributed by atoms with Crippen LogP contribution in [0.25, 0.3) is 21.8 Å². The zero-order valence-electron chi connectivity index (χ0n) is 14.7. The van der Waals surface area contributed by atoms with Crippen LogP contribution in [0.3, 0.4) is 0 Å². The minimum atomic E-state index is -3.51. The molecule has 4 aromatic rings. The SMILES string of the molecule is CCCC(n1c2ccccc2c2ccccc21)S(=O)(=O)c1ccccc1. The molecule has 26 heavy (non-hydrogen) atoms. The molecule has 1 unspecified atom stereocenters. The van der Waals surface area contributed by atoms with E-state index < -0.39 is 15.2 Å². The maximum absolute atomic E-state index is 13.5. The van der Waals surface area contributed by atoms with Crippen LogP contribution in [0.1, 0.15) is 25.1 Å². The lowest BCUT2D eigenvalue weighted by molar-refractivity contribution is 0.537. The number of hydrogen-bond acceptors (Lipinski definition) is 2. The van der Waals surface area contributed by atoms with Crippen molar-refractivity contribution in [1.29, 1.82) is 0 Å². The second-order valence-electron chi connectivity index (χ2n) is 6.51.